The molecule has 1 aliphatic heterocycles. The van der Waals surface area contributed by atoms with Gasteiger partial charge in [0.1, 0.15) is 11.5 Å². The largest absolute Gasteiger partial charge is 0.457 e. The number of nitrogens with one attached hydrogen (secondary N) is 2. The fourth-order valence-corrected chi connectivity index (χ4v) is 3.57. The third-order valence-corrected chi connectivity index (χ3v) is 5.14. The van der Waals surface area contributed by atoms with Crippen LogP contribution in [-0.4, -0.2) is 15.9 Å². The van der Waals surface area contributed by atoms with Crippen molar-refractivity contribution in [1.29, 1.82) is 0 Å². The van der Waals surface area contributed by atoms with Crippen molar-refractivity contribution in [3.63, 3.8) is 0 Å². The van der Waals surface area contributed by atoms with E-state index in [4.69, 9.17) is 9.47 Å². The van der Waals surface area contributed by atoms with E-state index in [2.05, 4.69) is 15.3 Å². The lowest BCUT2D eigenvalue weighted by Crippen LogP contribution is -2.13. The van der Waals surface area contributed by atoms with Crippen molar-refractivity contribution in [2.45, 2.75) is 20.1 Å². The van der Waals surface area contributed by atoms with Crippen molar-refractivity contribution in [3.8, 4) is 22.8 Å². The second-order valence-corrected chi connectivity index (χ2v) is 7.52. The molecule has 0 saturated carbocycles. The van der Waals surface area contributed by atoms with Gasteiger partial charge in [-0.3, -0.25) is 4.79 Å². The molecule has 0 saturated heterocycles. The molecule has 1 aliphatic rings. The van der Waals surface area contributed by atoms with Crippen molar-refractivity contribution >= 4 is 11.6 Å². The number of fused-ring (bicyclic) bond motifs is 1. The number of aryl methyl sites for hydroxylation is 1. The summed E-state index contributed by atoms with van der Waals surface area (Å²) in [7, 11) is 0. The maximum Gasteiger partial charge on any atom is 0.291 e. The smallest absolute Gasteiger partial charge is 0.291 e. The zero-order valence-electron chi connectivity index (χ0n) is 17.0. The molecule has 2 heterocycles. The molecule has 0 radical (unpaired) electrons. The number of aromatic nitrogens is 2. The van der Waals surface area contributed by atoms with Crippen LogP contribution in [0.1, 0.15) is 27.3 Å². The minimum Gasteiger partial charge on any atom is -0.457 e. The first kappa shape index (κ1) is 19.1. The van der Waals surface area contributed by atoms with Gasteiger partial charge in [0.25, 0.3) is 5.91 Å². The van der Waals surface area contributed by atoms with E-state index in [-0.39, 0.29) is 11.7 Å². The SMILES string of the molecule is Cc1cccc(Oc2cccc(-c3cnc(C(=O)Nc4ccc5c(c4)COC5)[nH]3)c2)c1. The van der Waals surface area contributed by atoms with Gasteiger partial charge in [-0.1, -0.05) is 30.3 Å². The molecule has 0 unspecified atom stereocenters. The van der Waals surface area contributed by atoms with Crippen molar-refractivity contribution in [3.05, 3.63) is 95.4 Å². The number of imidazole rings is 1. The van der Waals surface area contributed by atoms with Crippen molar-refractivity contribution in [2.24, 2.45) is 0 Å². The van der Waals surface area contributed by atoms with E-state index in [1.807, 2.05) is 73.7 Å². The lowest BCUT2D eigenvalue weighted by atomic mass is 10.1. The van der Waals surface area contributed by atoms with E-state index in [0.29, 0.717) is 19.0 Å². The number of H-pyrrole nitrogens is 1. The molecule has 0 aliphatic carbocycles. The summed E-state index contributed by atoms with van der Waals surface area (Å²) >= 11 is 0. The summed E-state index contributed by atoms with van der Waals surface area (Å²) in [4.78, 5) is 20.0. The summed E-state index contributed by atoms with van der Waals surface area (Å²) in [5.74, 6) is 1.44. The molecule has 5 rings (SSSR count). The highest BCUT2D eigenvalue weighted by Crippen LogP contribution is 2.27. The van der Waals surface area contributed by atoms with Crippen LogP contribution < -0.4 is 10.1 Å². The summed E-state index contributed by atoms with van der Waals surface area (Å²) in [6, 6.07) is 21.3. The minimum atomic E-state index is -0.294. The van der Waals surface area contributed by atoms with Gasteiger partial charge in [0.05, 0.1) is 25.1 Å². The summed E-state index contributed by atoms with van der Waals surface area (Å²) in [5.41, 5.74) is 5.73. The second kappa shape index (κ2) is 8.08. The molecule has 3 aromatic carbocycles. The van der Waals surface area contributed by atoms with Crippen LogP contribution in [0.25, 0.3) is 11.3 Å². The lowest BCUT2D eigenvalue weighted by molar-refractivity contribution is 0.101. The molecule has 6 nitrogen and oxygen atoms in total. The Morgan fingerprint density at radius 3 is 2.68 bits per heavy atom. The maximum absolute atomic E-state index is 12.6. The number of nitrogens with zero attached hydrogens (tertiary/aromatic N) is 1. The molecule has 0 spiro atoms. The van der Waals surface area contributed by atoms with Crippen LogP contribution in [0.3, 0.4) is 0 Å². The Kier molecular flexibility index (Phi) is 4.98. The van der Waals surface area contributed by atoms with Crippen LogP contribution in [-0.2, 0) is 18.0 Å². The van der Waals surface area contributed by atoms with E-state index >= 15 is 0 Å². The monoisotopic (exact) mass is 411 g/mol. The summed E-state index contributed by atoms with van der Waals surface area (Å²) in [6.07, 6.45) is 1.65. The number of hydrogen-bond acceptors (Lipinski definition) is 4. The van der Waals surface area contributed by atoms with Crippen LogP contribution in [0.2, 0.25) is 0 Å². The van der Waals surface area contributed by atoms with Gasteiger partial charge in [-0.05, 0) is 60.0 Å². The normalized spacial score (nSPS) is 12.4. The summed E-state index contributed by atoms with van der Waals surface area (Å²) in [5, 5.41) is 2.89. The van der Waals surface area contributed by atoms with E-state index in [1.165, 1.54) is 0 Å². The maximum atomic E-state index is 12.6. The third-order valence-electron chi connectivity index (χ3n) is 5.14. The second-order valence-electron chi connectivity index (χ2n) is 7.52. The van der Waals surface area contributed by atoms with Gasteiger partial charge in [-0.2, -0.15) is 0 Å². The molecule has 6 heteroatoms. The predicted molar refractivity (Wildman–Crippen MR) is 118 cm³/mol. The zero-order chi connectivity index (χ0) is 21.2. The number of aromatic amines is 1. The first-order chi connectivity index (χ1) is 15.1. The molecule has 0 fully saturated rings. The van der Waals surface area contributed by atoms with Gasteiger partial charge in [0.2, 0.25) is 0 Å². The number of hydrogen-bond donors (Lipinski definition) is 2. The van der Waals surface area contributed by atoms with Gasteiger partial charge < -0.3 is 19.8 Å². The molecule has 0 bridgehead atoms. The van der Waals surface area contributed by atoms with Crippen LogP contribution in [0.15, 0.2) is 72.9 Å². The van der Waals surface area contributed by atoms with Crippen LogP contribution in [0.4, 0.5) is 5.69 Å². The number of ether oxygens (including phenoxy) is 2. The molecule has 0 atom stereocenters. The Balaban J connectivity index is 1.31. The molecular formula is C25H21N3O3. The van der Waals surface area contributed by atoms with Crippen molar-refractivity contribution in [2.75, 3.05) is 5.32 Å². The van der Waals surface area contributed by atoms with Crippen LogP contribution in [0, 0.1) is 6.92 Å². The predicted octanol–water partition coefficient (Wildman–Crippen LogP) is 5.46. The Labute approximate surface area is 179 Å². The average molecular weight is 411 g/mol. The molecule has 1 amide bonds. The first-order valence-corrected chi connectivity index (χ1v) is 10.0. The molecule has 2 N–H and O–H groups in total. The fourth-order valence-electron chi connectivity index (χ4n) is 3.57. The molecule has 1 aromatic heterocycles. The number of anilines is 1. The van der Waals surface area contributed by atoms with Gasteiger partial charge in [-0.25, -0.2) is 4.98 Å². The fraction of sp³-hybridized carbons (Fsp3) is 0.120. The Morgan fingerprint density at radius 1 is 1.00 bits per heavy atom. The van der Waals surface area contributed by atoms with E-state index in [0.717, 1.165) is 39.4 Å². The lowest BCUT2D eigenvalue weighted by Gasteiger charge is -2.08. The first-order valence-electron chi connectivity index (χ1n) is 10.0. The molecular weight excluding hydrogens is 390 g/mol. The number of carbonyl (C=O) groups is 1. The Bertz CT molecular complexity index is 1260. The molecule has 31 heavy (non-hydrogen) atoms. The number of rotatable bonds is 5. The molecule has 4 aromatic rings. The highest BCUT2D eigenvalue weighted by molar-refractivity contribution is 6.02. The minimum absolute atomic E-state index is 0.247. The van der Waals surface area contributed by atoms with Gasteiger partial charge >= 0.3 is 0 Å². The zero-order valence-corrected chi connectivity index (χ0v) is 17.0. The highest BCUT2D eigenvalue weighted by atomic mass is 16.5. The third kappa shape index (κ3) is 4.20. The quantitative estimate of drug-likeness (QED) is 0.457. The van der Waals surface area contributed by atoms with Gasteiger partial charge in [0, 0.05) is 11.3 Å². The Hall–Kier alpha value is -3.90. The highest BCUT2D eigenvalue weighted by Gasteiger charge is 2.15. The standard InChI is InChI=1S/C25H21N3O3/c1-16-4-2-6-21(10-16)31-22-7-3-5-17(12-22)23-13-26-24(28-23)25(29)27-20-9-8-18-14-30-15-19(18)11-20/h2-13H,14-15H2,1H3,(H,26,28)(H,27,29). The van der Waals surface area contributed by atoms with Crippen molar-refractivity contribution in [1.82, 2.24) is 9.97 Å². The Morgan fingerprint density at radius 2 is 1.81 bits per heavy atom. The topological polar surface area (TPSA) is 76.2 Å². The molecule has 154 valence electrons. The number of benzene rings is 3. The van der Waals surface area contributed by atoms with E-state index < -0.39 is 0 Å². The van der Waals surface area contributed by atoms with Crippen LogP contribution >= 0.6 is 0 Å². The van der Waals surface area contributed by atoms with Crippen molar-refractivity contribution < 1.29 is 14.3 Å². The average Bonchev–Trinajstić information content (AvgIpc) is 3.43. The van der Waals surface area contributed by atoms with Gasteiger partial charge in [0.15, 0.2) is 5.82 Å². The number of carbonyl (C=O) groups excluding carboxylic acids is 1. The van der Waals surface area contributed by atoms with Crippen LogP contribution in [0.5, 0.6) is 11.5 Å². The van der Waals surface area contributed by atoms with E-state index in [9.17, 15) is 4.79 Å². The number of amides is 1. The van der Waals surface area contributed by atoms with Gasteiger partial charge in [-0.15, -0.1) is 0 Å². The summed E-state index contributed by atoms with van der Waals surface area (Å²) < 4.78 is 11.4. The van der Waals surface area contributed by atoms with E-state index in [1.54, 1.807) is 6.20 Å². The summed E-state index contributed by atoms with van der Waals surface area (Å²) in [6.45, 7) is 3.22.